The summed E-state index contributed by atoms with van der Waals surface area (Å²) in [5.74, 6) is 0. The Balaban J connectivity index is 1.10. The molecule has 0 fully saturated rings. The van der Waals surface area contributed by atoms with Gasteiger partial charge in [-0.15, -0.1) is 0 Å². The summed E-state index contributed by atoms with van der Waals surface area (Å²) in [4.78, 5) is 2.40. The van der Waals surface area contributed by atoms with Gasteiger partial charge in [0.2, 0.25) is 0 Å². The summed E-state index contributed by atoms with van der Waals surface area (Å²) in [6.07, 6.45) is 0. The van der Waals surface area contributed by atoms with Crippen LogP contribution in [0.5, 0.6) is 0 Å². The van der Waals surface area contributed by atoms with E-state index >= 15 is 0 Å². The minimum absolute atomic E-state index is 0.883. The highest BCUT2D eigenvalue weighted by molar-refractivity contribution is 6.33. The predicted octanol–water partition coefficient (Wildman–Crippen LogP) is 17.2. The molecule has 2 nitrogen and oxygen atoms in total. The van der Waals surface area contributed by atoms with Crippen LogP contribution < -0.4 is 4.90 Å². The highest BCUT2D eigenvalue weighted by Crippen LogP contribution is 2.50. The maximum atomic E-state index is 6.93. The molecule has 62 heavy (non-hydrogen) atoms. The van der Waals surface area contributed by atoms with E-state index in [1.807, 2.05) is 0 Å². The van der Waals surface area contributed by atoms with Crippen LogP contribution in [0, 0.1) is 0 Å². The molecule has 0 amide bonds. The summed E-state index contributed by atoms with van der Waals surface area (Å²) in [5.41, 5.74) is 14.5. The van der Waals surface area contributed by atoms with E-state index in [4.69, 9.17) is 4.42 Å². The fourth-order valence-corrected chi connectivity index (χ4v) is 9.63. The van der Waals surface area contributed by atoms with Crippen LogP contribution in [-0.2, 0) is 0 Å². The quantitative estimate of drug-likeness (QED) is 0.150. The van der Waals surface area contributed by atoms with Crippen LogP contribution >= 0.6 is 0 Å². The largest absolute Gasteiger partial charge is 0.455 e. The minimum Gasteiger partial charge on any atom is -0.455 e. The molecule has 2 heteroatoms. The molecule has 0 unspecified atom stereocenters. The van der Waals surface area contributed by atoms with Gasteiger partial charge in [-0.1, -0.05) is 194 Å². The number of rotatable bonds is 7. The lowest BCUT2D eigenvalue weighted by Gasteiger charge is -2.28. The molecule has 12 aromatic rings. The Morgan fingerprint density at radius 3 is 1.29 bits per heavy atom. The van der Waals surface area contributed by atoms with Crippen LogP contribution in [0.15, 0.2) is 241 Å². The second kappa shape index (κ2) is 14.8. The fourth-order valence-electron chi connectivity index (χ4n) is 9.63. The summed E-state index contributed by atoms with van der Waals surface area (Å²) in [5, 5.41) is 9.38. The van der Waals surface area contributed by atoms with Crippen molar-refractivity contribution in [2.24, 2.45) is 0 Å². The number of nitrogens with zero attached hydrogens (tertiary/aromatic N) is 1. The number of benzene rings is 11. The average Bonchev–Trinajstić information content (AvgIpc) is 3.76. The molecule has 12 rings (SSSR count). The van der Waals surface area contributed by atoms with E-state index in [2.05, 4.69) is 241 Å². The lowest BCUT2D eigenvalue weighted by molar-refractivity contribution is 0.673. The van der Waals surface area contributed by atoms with Gasteiger partial charge in [0.25, 0.3) is 0 Å². The van der Waals surface area contributed by atoms with Gasteiger partial charge in [-0.2, -0.15) is 0 Å². The predicted molar refractivity (Wildman–Crippen MR) is 263 cm³/mol. The first-order valence-corrected chi connectivity index (χ1v) is 21.3. The van der Waals surface area contributed by atoms with Crippen molar-refractivity contribution in [3.8, 4) is 44.5 Å². The second-order valence-electron chi connectivity index (χ2n) is 16.0. The SMILES string of the molecule is c1ccc(-c2ccc(N(c3ccc(-c4ccccc4)cc3)c3ccc(-c4ccc5oc6c7ccccc7c7ccccc7c6c5c4-c4ccccc4)c4ccccc34)cc2)cc1. The summed E-state index contributed by atoms with van der Waals surface area (Å²) in [7, 11) is 0. The lowest BCUT2D eigenvalue weighted by atomic mass is 9.87. The molecular weight excluding hydrogens is 751 g/mol. The van der Waals surface area contributed by atoms with Crippen molar-refractivity contribution in [1.82, 2.24) is 0 Å². The van der Waals surface area contributed by atoms with E-state index in [1.54, 1.807) is 0 Å². The Bertz CT molecular complexity index is 3510. The van der Waals surface area contributed by atoms with Gasteiger partial charge in [-0.25, -0.2) is 0 Å². The van der Waals surface area contributed by atoms with E-state index in [1.165, 1.54) is 54.9 Å². The van der Waals surface area contributed by atoms with Gasteiger partial charge in [0.1, 0.15) is 11.2 Å². The smallest absolute Gasteiger partial charge is 0.143 e. The summed E-state index contributed by atoms with van der Waals surface area (Å²) < 4.78 is 6.93. The van der Waals surface area contributed by atoms with Gasteiger partial charge in [0.15, 0.2) is 0 Å². The molecule has 0 saturated heterocycles. The molecule has 0 radical (unpaired) electrons. The molecule has 11 aromatic carbocycles. The zero-order valence-electron chi connectivity index (χ0n) is 33.9. The summed E-state index contributed by atoms with van der Waals surface area (Å²) in [6.45, 7) is 0. The molecule has 0 N–H and O–H groups in total. The fraction of sp³-hybridized carbons (Fsp3) is 0. The molecule has 1 aromatic heterocycles. The third kappa shape index (κ3) is 5.88. The molecule has 0 atom stereocenters. The van der Waals surface area contributed by atoms with Crippen LogP contribution in [0.4, 0.5) is 17.1 Å². The van der Waals surface area contributed by atoms with Crippen molar-refractivity contribution >= 4 is 71.3 Å². The highest BCUT2D eigenvalue weighted by atomic mass is 16.3. The normalized spacial score (nSPS) is 11.5. The molecular formula is C60H39NO. The van der Waals surface area contributed by atoms with Gasteiger partial charge >= 0.3 is 0 Å². The first-order chi connectivity index (χ1) is 30.8. The Morgan fingerprint density at radius 1 is 0.274 bits per heavy atom. The van der Waals surface area contributed by atoms with Crippen LogP contribution in [0.25, 0.3) is 98.8 Å². The molecule has 0 bridgehead atoms. The molecule has 290 valence electrons. The minimum atomic E-state index is 0.883. The Hall–Kier alpha value is -8.20. The van der Waals surface area contributed by atoms with Crippen LogP contribution in [0.1, 0.15) is 0 Å². The summed E-state index contributed by atoms with van der Waals surface area (Å²) in [6, 6.07) is 85.3. The Labute approximate surface area is 360 Å². The maximum absolute atomic E-state index is 6.93. The van der Waals surface area contributed by atoms with Crippen molar-refractivity contribution < 1.29 is 4.42 Å². The van der Waals surface area contributed by atoms with Gasteiger partial charge in [-0.3, -0.25) is 0 Å². The van der Waals surface area contributed by atoms with Crippen molar-refractivity contribution in [3.05, 3.63) is 237 Å². The first-order valence-electron chi connectivity index (χ1n) is 21.3. The third-order valence-corrected chi connectivity index (χ3v) is 12.5. The highest BCUT2D eigenvalue weighted by Gasteiger charge is 2.24. The van der Waals surface area contributed by atoms with Gasteiger partial charge in [0.05, 0.1) is 5.69 Å². The third-order valence-electron chi connectivity index (χ3n) is 12.5. The van der Waals surface area contributed by atoms with E-state index in [0.717, 1.165) is 60.9 Å². The standard InChI is InChI=1S/C60H39NO/c1-4-16-40(17-5-1)42-28-32-45(33-29-42)61(46-34-30-43(31-35-46)41-18-6-2-7-19-41)55-38-36-50(47-22-10-13-25-51(47)55)53-37-39-56-59(57(53)44-20-8-3-9-21-44)58-52-26-14-11-23-48(52)49-24-12-15-27-54(49)60(58)62-56/h1-39H. The number of furan rings is 1. The lowest BCUT2D eigenvalue weighted by Crippen LogP contribution is -2.10. The van der Waals surface area contributed by atoms with Crippen molar-refractivity contribution in [2.75, 3.05) is 4.90 Å². The van der Waals surface area contributed by atoms with E-state index in [-0.39, 0.29) is 0 Å². The summed E-state index contributed by atoms with van der Waals surface area (Å²) >= 11 is 0. The maximum Gasteiger partial charge on any atom is 0.143 e. The van der Waals surface area contributed by atoms with Crippen LogP contribution in [-0.4, -0.2) is 0 Å². The molecule has 0 spiro atoms. The monoisotopic (exact) mass is 789 g/mol. The Morgan fingerprint density at radius 2 is 0.710 bits per heavy atom. The number of fused-ring (bicyclic) bond motifs is 9. The number of hydrogen-bond donors (Lipinski definition) is 0. The van der Waals surface area contributed by atoms with E-state index in [0.29, 0.717) is 0 Å². The zero-order chi connectivity index (χ0) is 41.0. The van der Waals surface area contributed by atoms with Gasteiger partial charge in [0, 0.05) is 38.5 Å². The molecule has 0 saturated carbocycles. The van der Waals surface area contributed by atoms with E-state index < -0.39 is 0 Å². The number of anilines is 3. The molecule has 0 aliphatic carbocycles. The topological polar surface area (TPSA) is 16.4 Å². The number of hydrogen-bond acceptors (Lipinski definition) is 2. The average molecular weight is 790 g/mol. The van der Waals surface area contributed by atoms with Gasteiger partial charge in [-0.05, 0) is 103 Å². The molecule has 0 aliphatic heterocycles. The van der Waals surface area contributed by atoms with Crippen molar-refractivity contribution in [3.63, 3.8) is 0 Å². The zero-order valence-corrected chi connectivity index (χ0v) is 33.9. The van der Waals surface area contributed by atoms with E-state index in [9.17, 15) is 0 Å². The second-order valence-corrected chi connectivity index (χ2v) is 16.0. The molecule has 1 heterocycles. The van der Waals surface area contributed by atoms with Crippen molar-refractivity contribution in [2.45, 2.75) is 0 Å². The van der Waals surface area contributed by atoms with Crippen LogP contribution in [0.2, 0.25) is 0 Å². The van der Waals surface area contributed by atoms with Crippen molar-refractivity contribution in [1.29, 1.82) is 0 Å². The first kappa shape index (κ1) is 35.7. The van der Waals surface area contributed by atoms with Crippen LogP contribution in [0.3, 0.4) is 0 Å². The Kier molecular flexibility index (Phi) is 8.53. The molecule has 0 aliphatic rings. The van der Waals surface area contributed by atoms with Gasteiger partial charge < -0.3 is 9.32 Å².